The molecule has 5 nitrogen and oxygen atoms in total. The first-order valence-electron chi connectivity index (χ1n) is 7.33. The Bertz CT molecular complexity index is 454. The van der Waals surface area contributed by atoms with Crippen LogP contribution in [0.25, 0.3) is 0 Å². The van der Waals surface area contributed by atoms with Gasteiger partial charge < -0.3 is 15.1 Å². The van der Waals surface area contributed by atoms with Crippen molar-refractivity contribution in [2.24, 2.45) is 11.3 Å². The highest BCUT2D eigenvalue weighted by molar-refractivity contribution is 5.82. The Labute approximate surface area is 120 Å². The molecule has 2 heterocycles. The SMILES string of the molecule is Cc1nc(CNC(=O)C(C)(C)C2CCCNC2)oc1C. The molecule has 0 radical (unpaired) electrons. The quantitative estimate of drug-likeness (QED) is 0.884. The number of oxazole rings is 1. The van der Waals surface area contributed by atoms with Crippen molar-refractivity contribution < 1.29 is 9.21 Å². The first-order valence-corrected chi connectivity index (χ1v) is 7.33. The molecule has 0 aliphatic carbocycles. The van der Waals surface area contributed by atoms with E-state index in [4.69, 9.17) is 4.42 Å². The standard InChI is InChI=1S/C15H25N3O2/c1-10-11(2)20-13(18-10)9-17-14(19)15(3,4)12-6-5-7-16-8-12/h12,16H,5-9H2,1-4H3,(H,17,19). The van der Waals surface area contributed by atoms with E-state index in [1.54, 1.807) is 0 Å². The van der Waals surface area contributed by atoms with E-state index >= 15 is 0 Å². The van der Waals surface area contributed by atoms with Crippen LogP contribution < -0.4 is 10.6 Å². The molecule has 1 aromatic rings. The lowest BCUT2D eigenvalue weighted by Crippen LogP contribution is -2.47. The Morgan fingerprint density at radius 2 is 2.25 bits per heavy atom. The molecule has 0 spiro atoms. The summed E-state index contributed by atoms with van der Waals surface area (Å²) in [5.74, 6) is 1.83. The van der Waals surface area contributed by atoms with Gasteiger partial charge in [-0.05, 0) is 45.7 Å². The molecule has 0 saturated carbocycles. The van der Waals surface area contributed by atoms with Gasteiger partial charge in [0.2, 0.25) is 11.8 Å². The van der Waals surface area contributed by atoms with Crippen LogP contribution in [0, 0.1) is 25.2 Å². The van der Waals surface area contributed by atoms with E-state index in [-0.39, 0.29) is 11.3 Å². The number of nitrogens with one attached hydrogen (secondary N) is 2. The van der Waals surface area contributed by atoms with Crippen molar-refractivity contribution >= 4 is 5.91 Å². The van der Waals surface area contributed by atoms with Gasteiger partial charge in [-0.3, -0.25) is 4.79 Å². The van der Waals surface area contributed by atoms with Gasteiger partial charge in [0.15, 0.2) is 0 Å². The zero-order chi connectivity index (χ0) is 14.8. The molecule has 1 fully saturated rings. The average Bonchev–Trinajstić information content (AvgIpc) is 2.76. The van der Waals surface area contributed by atoms with E-state index in [1.807, 2.05) is 27.7 Å². The second kappa shape index (κ2) is 5.95. The van der Waals surface area contributed by atoms with Crippen molar-refractivity contribution in [3.63, 3.8) is 0 Å². The van der Waals surface area contributed by atoms with Crippen molar-refractivity contribution in [1.29, 1.82) is 0 Å². The summed E-state index contributed by atoms with van der Waals surface area (Å²) in [5, 5.41) is 6.32. The number of piperidine rings is 1. The van der Waals surface area contributed by atoms with Crippen LogP contribution in [0.5, 0.6) is 0 Å². The Balaban J connectivity index is 1.92. The highest BCUT2D eigenvalue weighted by Gasteiger charge is 2.37. The minimum absolute atomic E-state index is 0.0692. The van der Waals surface area contributed by atoms with E-state index in [2.05, 4.69) is 15.6 Å². The number of aromatic nitrogens is 1. The molecule has 1 unspecified atom stereocenters. The molecule has 1 saturated heterocycles. The Kier molecular flexibility index (Phi) is 4.48. The summed E-state index contributed by atoms with van der Waals surface area (Å²) < 4.78 is 5.48. The summed E-state index contributed by atoms with van der Waals surface area (Å²) in [6.45, 7) is 10.2. The van der Waals surface area contributed by atoms with Gasteiger partial charge in [0.1, 0.15) is 5.76 Å². The van der Waals surface area contributed by atoms with E-state index < -0.39 is 0 Å². The predicted molar refractivity (Wildman–Crippen MR) is 77.2 cm³/mol. The second-order valence-electron chi connectivity index (χ2n) is 6.20. The molecule has 1 aromatic heterocycles. The van der Waals surface area contributed by atoms with Crippen LogP contribution in [0.4, 0.5) is 0 Å². The third kappa shape index (κ3) is 3.20. The molecule has 112 valence electrons. The lowest BCUT2D eigenvalue weighted by atomic mass is 9.74. The average molecular weight is 279 g/mol. The van der Waals surface area contributed by atoms with Crippen molar-refractivity contribution in [2.45, 2.75) is 47.1 Å². The first kappa shape index (κ1) is 15.0. The Hall–Kier alpha value is -1.36. The third-order valence-electron chi connectivity index (χ3n) is 4.38. The van der Waals surface area contributed by atoms with E-state index in [0.29, 0.717) is 18.4 Å². The lowest BCUT2D eigenvalue weighted by Gasteiger charge is -2.35. The van der Waals surface area contributed by atoms with E-state index in [1.165, 1.54) is 0 Å². The highest BCUT2D eigenvalue weighted by Crippen LogP contribution is 2.32. The van der Waals surface area contributed by atoms with Crippen molar-refractivity contribution in [2.75, 3.05) is 13.1 Å². The van der Waals surface area contributed by atoms with Gasteiger partial charge in [-0.15, -0.1) is 0 Å². The maximum atomic E-state index is 12.4. The van der Waals surface area contributed by atoms with E-state index in [0.717, 1.165) is 37.4 Å². The molecular weight excluding hydrogens is 254 g/mol. The summed E-state index contributed by atoms with van der Waals surface area (Å²) >= 11 is 0. The zero-order valence-electron chi connectivity index (χ0n) is 12.9. The molecule has 20 heavy (non-hydrogen) atoms. The number of rotatable bonds is 4. The number of hydrogen-bond donors (Lipinski definition) is 2. The number of nitrogens with zero attached hydrogens (tertiary/aromatic N) is 1. The number of aryl methyl sites for hydroxylation is 2. The van der Waals surface area contributed by atoms with Gasteiger partial charge >= 0.3 is 0 Å². The Morgan fingerprint density at radius 1 is 1.50 bits per heavy atom. The normalized spacial score (nSPS) is 19.9. The van der Waals surface area contributed by atoms with Crippen LogP contribution in [0.2, 0.25) is 0 Å². The van der Waals surface area contributed by atoms with Gasteiger partial charge in [0, 0.05) is 5.41 Å². The maximum Gasteiger partial charge on any atom is 0.226 e. The summed E-state index contributed by atoms with van der Waals surface area (Å²) in [5.41, 5.74) is 0.509. The number of amides is 1. The summed E-state index contributed by atoms with van der Waals surface area (Å²) in [4.78, 5) is 16.7. The highest BCUT2D eigenvalue weighted by atomic mass is 16.4. The fourth-order valence-electron chi connectivity index (χ4n) is 2.65. The number of carbonyl (C=O) groups is 1. The largest absolute Gasteiger partial charge is 0.444 e. The molecule has 1 amide bonds. The summed E-state index contributed by atoms with van der Waals surface area (Å²) in [7, 11) is 0. The monoisotopic (exact) mass is 279 g/mol. The summed E-state index contributed by atoms with van der Waals surface area (Å²) in [6, 6.07) is 0. The van der Waals surface area contributed by atoms with Gasteiger partial charge in [0.05, 0.1) is 12.2 Å². The molecule has 5 heteroatoms. The van der Waals surface area contributed by atoms with Crippen molar-refractivity contribution in [3.8, 4) is 0 Å². The molecular formula is C15H25N3O2. The topological polar surface area (TPSA) is 67.2 Å². The van der Waals surface area contributed by atoms with Crippen LogP contribution in [0.1, 0.15) is 44.0 Å². The predicted octanol–water partition coefficient (Wildman–Crippen LogP) is 1.93. The minimum atomic E-state index is -0.371. The molecule has 2 rings (SSSR count). The number of hydrogen-bond acceptors (Lipinski definition) is 4. The fraction of sp³-hybridized carbons (Fsp3) is 0.733. The lowest BCUT2D eigenvalue weighted by molar-refractivity contribution is -0.132. The van der Waals surface area contributed by atoms with Gasteiger partial charge in [0.25, 0.3) is 0 Å². The number of carbonyl (C=O) groups excluding carboxylic acids is 1. The van der Waals surface area contributed by atoms with Crippen LogP contribution in [0.15, 0.2) is 4.42 Å². The van der Waals surface area contributed by atoms with Crippen LogP contribution in [-0.2, 0) is 11.3 Å². The minimum Gasteiger partial charge on any atom is -0.444 e. The van der Waals surface area contributed by atoms with Crippen LogP contribution in [-0.4, -0.2) is 24.0 Å². The van der Waals surface area contributed by atoms with Crippen LogP contribution in [0.3, 0.4) is 0 Å². The molecule has 2 N–H and O–H groups in total. The third-order valence-corrected chi connectivity index (χ3v) is 4.38. The van der Waals surface area contributed by atoms with Gasteiger partial charge in [-0.2, -0.15) is 0 Å². The van der Waals surface area contributed by atoms with Crippen LogP contribution >= 0.6 is 0 Å². The van der Waals surface area contributed by atoms with Gasteiger partial charge in [-0.25, -0.2) is 4.98 Å². The maximum absolute atomic E-state index is 12.4. The fourth-order valence-corrected chi connectivity index (χ4v) is 2.65. The first-order chi connectivity index (χ1) is 9.41. The summed E-state index contributed by atoms with van der Waals surface area (Å²) in [6.07, 6.45) is 2.24. The zero-order valence-corrected chi connectivity index (χ0v) is 12.9. The van der Waals surface area contributed by atoms with E-state index in [9.17, 15) is 4.79 Å². The molecule has 1 atom stereocenters. The second-order valence-corrected chi connectivity index (χ2v) is 6.20. The van der Waals surface area contributed by atoms with Crippen molar-refractivity contribution in [3.05, 3.63) is 17.3 Å². The molecule has 1 aliphatic rings. The van der Waals surface area contributed by atoms with Gasteiger partial charge in [-0.1, -0.05) is 13.8 Å². The Morgan fingerprint density at radius 3 is 2.80 bits per heavy atom. The molecule has 1 aliphatic heterocycles. The van der Waals surface area contributed by atoms with Crippen molar-refractivity contribution in [1.82, 2.24) is 15.6 Å². The smallest absolute Gasteiger partial charge is 0.226 e. The molecule has 0 aromatic carbocycles. The molecule has 0 bridgehead atoms.